The highest BCUT2D eigenvalue weighted by atomic mass is 19.4. The van der Waals surface area contributed by atoms with E-state index in [9.17, 15) is 26.7 Å². The van der Waals surface area contributed by atoms with Gasteiger partial charge in [0, 0.05) is 31.1 Å². The maximum atomic E-state index is 15.5. The van der Waals surface area contributed by atoms with Crippen molar-refractivity contribution in [2.75, 3.05) is 56.2 Å². The number of carbonyl (C=O) groups is 1. The molecule has 8 nitrogen and oxygen atoms in total. The summed E-state index contributed by atoms with van der Waals surface area (Å²) in [4.78, 5) is 22.0. The van der Waals surface area contributed by atoms with Crippen molar-refractivity contribution in [1.82, 2.24) is 14.9 Å². The Labute approximate surface area is 208 Å². The monoisotopic (exact) mass is 532 g/mol. The second-order valence-electron chi connectivity index (χ2n) is 9.03. The van der Waals surface area contributed by atoms with Crippen LogP contribution in [0.2, 0.25) is 0 Å². The molecule has 3 N–H and O–H groups in total. The van der Waals surface area contributed by atoms with Crippen LogP contribution >= 0.6 is 0 Å². The average molecular weight is 532 g/mol. The number of benzene rings is 1. The number of nitrogens with one attached hydrogen (secondary N) is 1. The zero-order valence-corrected chi connectivity index (χ0v) is 19.6. The minimum atomic E-state index is -4.71. The first-order chi connectivity index (χ1) is 17.5. The second kappa shape index (κ2) is 11.1. The Balaban J connectivity index is 1.49. The van der Waals surface area contributed by atoms with Gasteiger partial charge in [0.15, 0.2) is 11.6 Å². The van der Waals surface area contributed by atoms with Gasteiger partial charge in [-0.05, 0) is 25.1 Å². The van der Waals surface area contributed by atoms with E-state index in [1.165, 1.54) is 4.90 Å². The Bertz CT molecular complexity index is 1120. The number of nitrogens with two attached hydrogens (primary N) is 1. The third-order valence-corrected chi connectivity index (χ3v) is 6.53. The number of morpholine rings is 1. The molecule has 3 atom stereocenters. The molecule has 202 valence electrons. The predicted octanol–water partition coefficient (Wildman–Crippen LogP) is 2.91. The molecule has 2 aliphatic rings. The van der Waals surface area contributed by atoms with E-state index in [1.54, 1.807) is 4.90 Å². The van der Waals surface area contributed by atoms with E-state index in [1.807, 2.05) is 0 Å². The van der Waals surface area contributed by atoms with Crippen molar-refractivity contribution < 1.29 is 35.9 Å². The van der Waals surface area contributed by atoms with Crippen LogP contribution in [0.4, 0.5) is 38.0 Å². The first kappa shape index (κ1) is 26.9. The standard InChI is InChI=1S/C23H26F6N6O2/c24-16-7-14(23(27,28)29)1-2-15(16)18-11-37-6-5-35(18)22-20(26)21(32-12-33-22)31-8-13-3-4-34(9-17(13)25)10-19(30)36/h1-2,7,12-13,17-18H,3-6,8-11H2,(H2,30,36)(H,31,32,33)/t13-,17+,18-/m1/s1. The number of ether oxygens (including phenoxy) is 1. The molecule has 2 aliphatic heterocycles. The van der Waals surface area contributed by atoms with Crippen molar-refractivity contribution in [2.24, 2.45) is 11.7 Å². The fourth-order valence-corrected chi connectivity index (χ4v) is 4.61. The van der Waals surface area contributed by atoms with Gasteiger partial charge in [-0.25, -0.2) is 18.7 Å². The van der Waals surface area contributed by atoms with E-state index in [0.29, 0.717) is 19.0 Å². The van der Waals surface area contributed by atoms with Crippen LogP contribution in [0.3, 0.4) is 0 Å². The fraction of sp³-hybridized carbons (Fsp3) is 0.522. The maximum Gasteiger partial charge on any atom is 0.416 e. The molecule has 0 bridgehead atoms. The van der Waals surface area contributed by atoms with Crippen LogP contribution in [0.1, 0.15) is 23.6 Å². The molecule has 1 aromatic heterocycles. The number of hydrogen-bond donors (Lipinski definition) is 2. The van der Waals surface area contributed by atoms with E-state index in [0.717, 1.165) is 18.5 Å². The summed E-state index contributed by atoms with van der Waals surface area (Å²) >= 11 is 0. The number of aromatic nitrogens is 2. The number of anilines is 2. The van der Waals surface area contributed by atoms with Crippen molar-refractivity contribution in [1.29, 1.82) is 0 Å². The number of amides is 1. The minimum absolute atomic E-state index is 0.0287. The highest BCUT2D eigenvalue weighted by Gasteiger charge is 2.35. The number of nitrogens with zero attached hydrogens (tertiary/aromatic N) is 4. The van der Waals surface area contributed by atoms with Crippen molar-refractivity contribution >= 4 is 17.5 Å². The van der Waals surface area contributed by atoms with Gasteiger partial charge in [-0.2, -0.15) is 17.6 Å². The SMILES string of the molecule is NC(=O)CN1CC[C@H](CNc2ncnc(N3CCOC[C@@H]3c3ccc(C(F)(F)F)cc3F)c2F)[C@@H](F)C1. The molecule has 0 unspecified atom stereocenters. The molecule has 0 radical (unpaired) electrons. The molecule has 1 aromatic carbocycles. The van der Waals surface area contributed by atoms with Gasteiger partial charge in [0.2, 0.25) is 11.7 Å². The molecule has 4 rings (SSSR count). The molecular weight excluding hydrogens is 506 g/mol. The van der Waals surface area contributed by atoms with E-state index >= 15 is 4.39 Å². The quantitative estimate of drug-likeness (QED) is 0.530. The minimum Gasteiger partial charge on any atom is -0.377 e. The van der Waals surface area contributed by atoms with E-state index < -0.39 is 47.4 Å². The predicted molar refractivity (Wildman–Crippen MR) is 121 cm³/mol. The smallest absolute Gasteiger partial charge is 0.377 e. The van der Waals surface area contributed by atoms with Gasteiger partial charge in [-0.1, -0.05) is 6.07 Å². The lowest BCUT2D eigenvalue weighted by Gasteiger charge is -2.37. The Morgan fingerprint density at radius 2 is 2.00 bits per heavy atom. The normalized spacial score (nSPS) is 23.2. The van der Waals surface area contributed by atoms with Crippen molar-refractivity contribution in [3.05, 3.63) is 47.3 Å². The van der Waals surface area contributed by atoms with Crippen LogP contribution in [0.5, 0.6) is 0 Å². The van der Waals surface area contributed by atoms with Gasteiger partial charge in [0.05, 0.1) is 31.4 Å². The van der Waals surface area contributed by atoms with Crippen LogP contribution in [-0.2, 0) is 15.7 Å². The summed E-state index contributed by atoms with van der Waals surface area (Å²) in [5.41, 5.74) is 3.93. The molecule has 0 saturated carbocycles. The summed E-state index contributed by atoms with van der Waals surface area (Å²) in [6, 6.07) is 1.23. The number of carbonyl (C=O) groups excluding carboxylic acids is 1. The van der Waals surface area contributed by atoms with E-state index in [4.69, 9.17) is 10.5 Å². The average Bonchev–Trinajstić information content (AvgIpc) is 2.83. The topological polar surface area (TPSA) is 96.6 Å². The van der Waals surface area contributed by atoms with Crippen LogP contribution in [0.15, 0.2) is 24.5 Å². The number of rotatable bonds is 7. The summed E-state index contributed by atoms with van der Waals surface area (Å²) in [5.74, 6) is -3.33. The zero-order valence-electron chi connectivity index (χ0n) is 19.6. The highest BCUT2D eigenvalue weighted by molar-refractivity contribution is 5.75. The summed E-state index contributed by atoms with van der Waals surface area (Å²) in [5, 5.41) is 2.80. The van der Waals surface area contributed by atoms with Crippen LogP contribution in [-0.4, -0.2) is 72.9 Å². The Hall–Kier alpha value is -3.13. The van der Waals surface area contributed by atoms with Gasteiger partial charge in [-0.15, -0.1) is 0 Å². The molecule has 3 heterocycles. The Morgan fingerprint density at radius 3 is 2.68 bits per heavy atom. The van der Waals surface area contributed by atoms with Crippen molar-refractivity contribution in [3.8, 4) is 0 Å². The van der Waals surface area contributed by atoms with Crippen LogP contribution in [0, 0.1) is 17.6 Å². The molecular formula is C23H26F6N6O2. The first-order valence-electron chi connectivity index (χ1n) is 11.6. The number of primary amides is 1. The Kier molecular flexibility index (Phi) is 8.07. The third-order valence-electron chi connectivity index (χ3n) is 6.53. The van der Waals surface area contributed by atoms with Crippen LogP contribution in [0.25, 0.3) is 0 Å². The third kappa shape index (κ3) is 6.24. The zero-order chi connectivity index (χ0) is 26.7. The summed E-state index contributed by atoms with van der Waals surface area (Å²) in [6.45, 7) is 0.690. The lowest BCUT2D eigenvalue weighted by Crippen LogP contribution is -2.46. The Morgan fingerprint density at radius 1 is 1.22 bits per heavy atom. The number of alkyl halides is 4. The van der Waals surface area contributed by atoms with Gasteiger partial charge in [0.25, 0.3) is 0 Å². The molecule has 1 amide bonds. The van der Waals surface area contributed by atoms with E-state index in [-0.39, 0.29) is 56.6 Å². The maximum absolute atomic E-state index is 15.5. The molecule has 2 aromatic rings. The fourth-order valence-electron chi connectivity index (χ4n) is 4.61. The molecule has 37 heavy (non-hydrogen) atoms. The molecule has 0 spiro atoms. The van der Waals surface area contributed by atoms with Crippen LogP contribution < -0.4 is 16.0 Å². The molecule has 14 heteroatoms. The van der Waals surface area contributed by atoms with Gasteiger partial charge in [-0.3, -0.25) is 9.69 Å². The highest BCUT2D eigenvalue weighted by Crippen LogP contribution is 2.36. The summed E-state index contributed by atoms with van der Waals surface area (Å²) < 4.78 is 89.1. The van der Waals surface area contributed by atoms with Crippen molar-refractivity contribution in [2.45, 2.75) is 24.8 Å². The molecule has 0 aliphatic carbocycles. The van der Waals surface area contributed by atoms with Gasteiger partial charge in [0.1, 0.15) is 18.3 Å². The number of likely N-dealkylation sites (tertiary alicyclic amines) is 1. The second-order valence-corrected chi connectivity index (χ2v) is 9.03. The number of halogens is 6. The number of hydrogen-bond acceptors (Lipinski definition) is 7. The lowest BCUT2D eigenvalue weighted by molar-refractivity contribution is -0.137. The van der Waals surface area contributed by atoms with E-state index in [2.05, 4.69) is 15.3 Å². The first-order valence-corrected chi connectivity index (χ1v) is 11.6. The largest absolute Gasteiger partial charge is 0.416 e. The van der Waals surface area contributed by atoms with Gasteiger partial charge < -0.3 is 20.7 Å². The van der Waals surface area contributed by atoms with Gasteiger partial charge >= 0.3 is 6.18 Å². The summed E-state index contributed by atoms with van der Waals surface area (Å²) in [6.07, 6.45) is -4.46. The molecule has 2 saturated heterocycles. The molecule has 2 fully saturated rings. The number of piperidine rings is 1. The van der Waals surface area contributed by atoms with Crippen molar-refractivity contribution in [3.63, 3.8) is 0 Å². The summed E-state index contributed by atoms with van der Waals surface area (Å²) in [7, 11) is 0. The lowest BCUT2D eigenvalue weighted by atomic mass is 9.95.